The van der Waals surface area contributed by atoms with Gasteiger partial charge in [-0.15, -0.1) is 0 Å². The largest absolute Gasteiger partial charge is 0.249 e. The summed E-state index contributed by atoms with van der Waals surface area (Å²) in [7, 11) is 5.95. The van der Waals surface area contributed by atoms with Crippen LogP contribution in [-0.2, 0) is 0 Å². The predicted molar refractivity (Wildman–Crippen MR) is 75.1 cm³/mol. The number of hydrogen-bond acceptors (Lipinski definition) is 2. The first kappa shape index (κ1) is 11.0. The molecule has 0 bridgehead atoms. The summed E-state index contributed by atoms with van der Waals surface area (Å²) in [6.07, 6.45) is 0. The highest BCUT2D eigenvalue weighted by atomic mass is 14.8. The van der Waals surface area contributed by atoms with Gasteiger partial charge in [-0.25, -0.2) is 9.97 Å². The Hall–Kier alpha value is -2.16. The summed E-state index contributed by atoms with van der Waals surface area (Å²) in [6.45, 7) is 1.97. The Labute approximate surface area is 107 Å². The highest BCUT2D eigenvalue weighted by Crippen LogP contribution is 2.21. The van der Waals surface area contributed by atoms with Gasteiger partial charge in [0.2, 0.25) is 0 Å². The topological polar surface area (TPSA) is 25.8 Å². The second kappa shape index (κ2) is 4.26. The molecule has 0 aliphatic rings. The van der Waals surface area contributed by atoms with Gasteiger partial charge in [0.15, 0.2) is 0 Å². The molecular formula is C15H11BN2. The number of fused-ring (bicyclic) bond motifs is 1. The lowest BCUT2D eigenvalue weighted by Crippen LogP contribution is -2.07. The van der Waals surface area contributed by atoms with Crippen molar-refractivity contribution in [3.8, 4) is 11.3 Å². The monoisotopic (exact) mass is 230 g/mol. The van der Waals surface area contributed by atoms with E-state index >= 15 is 0 Å². The maximum Gasteiger partial charge on any atom is 0.116 e. The van der Waals surface area contributed by atoms with Crippen LogP contribution in [0, 0.1) is 6.92 Å². The van der Waals surface area contributed by atoms with Gasteiger partial charge in [-0.2, -0.15) is 0 Å². The molecule has 0 N–H and O–H groups in total. The Bertz CT molecular complexity index is 708. The van der Waals surface area contributed by atoms with Gasteiger partial charge in [0.25, 0.3) is 0 Å². The molecule has 0 saturated heterocycles. The lowest BCUT2D eigenvalue weighted by atomic mass is 9.94. The van der Waals surface area contributed by atoms with Gasteiger partial charge < -0.3 is 0 Å². The van der Waals surface area contributed by atoms with Gasteiger partial charge in [-0.05, 0) is 13.0 Å². The van der Waals surface area contributed by atoms with E-state index in [0.29, 0.717) is 5.46 Å². The second-order valence-electron chi connectivity index (χ2n) is 4.24. The minimum atomic E-state index is 0.664. The minimum absolute atomic E-state index is 0.664. The zero-order valence-electron chi connectivity index (χ0n) is 10.1. The quantitative estimate of drug-likeness (QED) is 0.600. The molecule has 3 heteroatoms. The van der Waals surface area contributed by atoms with Gasteiger partial charge in [-0.3, -0.25) is 0 Å². The first-order valence-corrected chi connectivity index (χ1v) is 5.84. The molecule has 2 radical (unpaired) electrons. The lowest BCUT2D eigenvalue weighted by Gasteiger charge is -2.08. The van der Waals surface area contributed by atoms with Crippen molar-refractivity contribution in [2.45, 2.75) is 6.92 Å². The van der Waals surface area contributed by atoms with Crippen LogP contribution in [0.5, 0.6) is 0 Å². The molecule has 1 heterocycles. The Balaban J connectivity index is 2.31. The summed E-state index contributed by atoms with van der Waals surface area (Å²) >= 11 is 0. The van der Waals surface area contributed by atoms with E-state index in [0.717, 1.165) is 28.0 Å². The van der Waals surface area contributed by atoms with Crippen LogP contribution in [0.4, 0.5) is 0 Å². The van der Waals surface area contributed by atoms with Crippen LogP contribution in [0.1, 0.15) is 5.69 Å². The summed E-state index contributed by atoms with van der Waals surface area (Å²) in [5.74, 6) is 0. The minimum Gasteiger partial charge on any atom is -0.249 e. The molecule has 0 unspecified atom stereocenters. The van der Waals surface area contributed by atoms with E-state index in [-0.39, 0.29) is 0 Å². The van der Waals surface area contributed by atoms with Crippen molar-refractivity contribution in [3.05, 3.63) is 54.2 Å². The fourth-order valence-corrected chi connectivity index (χ4v) is 2.06. The number of aromatic nitrogens is 2. The average molecular weight is 230 g/mol. The number of hydrogen-bond donors (Lipinski definition) is 0. The summed E-state index contributed by atoms with van der Waals surface area (Å²) in [6, 6.07) is 15.7. The molecule has 0 amide bonds. The highest BCUT2D eigenvalue weighted by Gasteiger charge is 2.08. The Kier molecular flexibility index (Phi) is 2.60. The Morgan fingerprint density at radius 1 is 0.889 bits per heavy atom. The van der Waals surface area contributed by atoms with E-state index in [1.54, 1.807) is 0 Å². The zero-order chi connectivity index (χ0) is 12.5. The van der Waals surface area contributed by atoms with Crippen molar-refractivity contribution >= 4 is 24.3 Å². The van der Waals surface area contributed by atoms with Crippen molar-refractivity contribution in [1.82, 2.24) is 9.97 Å². The van der Waals surface area contributed by atoms with Crippen LogP contribution in [0.3, 0.4) is 0 Å². The lowest BCUT2D eigenvalue weighted by molar-refractivity contribution is 1.19. The highest BCUT2D eigenvalue weighted by molar-refractivity contribution is 6.38. The van der Waals surface area contributed by atoms with Gasteiger partial charge in [0.05, 0.1) is 22.4 Å². The average Bonchev–Trinajstić information content (AvgIpc) is 2.39. The van der Waals surface area contributed by atoms with Gasteiger partial charge >= 0.3 is 0 Å². The van der Waals surface area contributed by atoms with E-state index in [1.165, 1.54) is 0 Å². The molecular weight excluding hydrogens is 219 g/mol. The molecule has 0 aliphatic carbocycles. The number of aryl methyl sites for hydroxylation is 1. The summed E-state index contributed by atoms with van der Waals surface area (Å²) in [5.41, 5.74) is 5.14. The van der Waals surface area contributed by atoms with Gasteiger partial charge in [-0.1, -0.05) is 47.9 Å². The van der Waals surface area contributed by atoms with Crippen molar-refractivity contribution in [2.24, 2.45) is 0 Å². The smallest absolute Gasteiger partial charge is 0.116 e. The van der Waals surface area contributed by atoms with Crippen molar-refractivity contribution in [2.75, 3.05) is 0 Å². The van der Waals surface area contributed by atoms with Gasteiger partial charge in [0.1, 0.15) is 7.85 Å². The van der Waals surface area contributed by atoms with Crippen LogP contribution in [0.2, 0.25) is 0 Å². The SMILES string of the molecule is [B]c1cccc2nc(C)c(-c3ccccc3)nc12. The Morgan fingerprint density at radius 2 is 1.67 bits per heavy atom. The van der Waals surface area contributed by atoms with Crippen molar-refractivity contribution in [1.29, 1.82) is 0 Å². The summed E-state index contributed by atoms with van der Waals surface area (Å²) in [4.78, 5) is 9.23. The van der Waals surface area contributed by atoms with E-state index in [1.807, 2.05) is 55.5 Å². The van der Waals surface area contributed by atoms with Crippen molar-refractivity contribution in [3.63, 3.8) is 0 Å². The number of para-hydroxylation sites is 1. The van der Waals surface area contributed by atoms with Crippen LogP contribution in [-0.4, -0.2) is 17.8 Å². The molecule has 3 aromatic rings. The summed E-state index contributed by atoms with van der Waals surface area (Å²) in [5, 5.41) is 0. The predicted octanol–water partition coefficient (Wildman–Crippen LogP) is 2.40. The molecule has 0 spiro atoms. The summed E-state index contributed by atoms with van der Waals surface area (Å²) < 4.78 is 0. The maximum absolute atomic E-state index is 5.95. The van der Waals surface area contributed by atoms with Crippen LogP contribution in [0.25, 0.3) is 22.3 Å². The molecule has 84 valence electrons. The molecule has 0 atom stereocenters. The normalized spacial score (nSPS) is 10.7. The molecule has 18 heavy (non-hydrogen) atoms. The third kappa shape index (κ3) is 1.78. The molecule has 2 aromatic carbocycles. The number of benzene rings is 2. The fraction of sp³-hybridized carbons (Fsp3) is 0.0667. The van der Waals surface area contributed by atoms with Crippen LogP contribution in [0.15, 0.2) is 48.5 Å². The molecule has 1 aromatic heterocycles. The molecule has 3 rings (SSSR count). The molecule has 0 aliphatic heterocycles. The number of rotatable bonds is 1. The van der Waals surface area contributed by atoms with Crippen LogP contribution < -0.4 is 5.46 Å². The Morgan fingerprint density at radius 3 is 2.44 bits per heavy atom. The van der Waals surface area contributed by atoms with E-state index < -0.39 is 0 Å². The molecule has 0 saturated carbocycles. The zero-order valence-corrected chi connectivity index (χ0v) is 10.1. The van der Waals surface area contributed by atoms with Crippen molar-refractivity contribution < 1.29 is 0 Å². The fourth-order valence-electron chi connectivity index (χ4n) is 2.06. The first-order chi connectivity index (χ1) is 8.75. The number of nitrogens with zero attached hydrogens (tertiary/aromatic N) is 2. The van der Waals surface area contributed by atoms with E-state index in [2.05, 4.69) is 9.97 Å². The standard InChI is InChI=1S/C15H11BN2/c1-10-14(11-6-3-2-4-7-11)18-15-12(16)8-5-9-13(15)17-10/h2-9H,1H3. The third-order valence-corrected chi connectivity index (χ3v) is 2.95. The second-order valence-corrected chi connectivity index (χ2v) is 4.24. The molecule has 2 nitrogen and oxygen atoms in total. The third-order valence-electron chi connectivity index (χ3n) is 2.95. The maximum atomic E-state index is 5.95. The first-order valence-electron chi connectivity index (χ1n) is 5.84. The van der Waals surface area contributed by atoms with Crippen LogP contribution >= 0.6 is 0 Å². The van der Waals surface area contributed by atoms with E-state index in [9.17, 15) is 0 Å². The molecule has 0 fully saturated rings. The van der Waals surface area contributed by atoms with E-state index in [4.69, 9.17) is 7.85 Å². The van der Waals surface area contributed by atoms with Gasteiger partial charge in [0, 0.05) is 5.56 Å².